The van der Waals surface area contributed by atoms with Gasteiger partial charge in [-0.05, 0) is 48.6 Å². The summed E-state index contributed by atoms with van der Waals surface area (Å²) in [7, 11) is 0. The zero-order chi connectivity index (χ0) is 22.2. The van der Waals surface area contributed by atoms with Crippen LogP contribution in [0.1, 0.15) is 59.4 Å². The number of rotatable bonds is 8. The molecule has 3 rings (SSSR count). The molecule has 0 aliphatic carbocycles. The largest absolute Gasteiger partial charge is 0.350 e. The van der Waals surface area contributed by atoms with Crippen LogP contribution in [-0.4, -0.2) is 41.8 Å². The molecule has 2 aromatic carbocycles. The number of nitrogens with zero attached hydrogens (tertiary/aromatic N) is 1. The lowest BCUT2D eigenvalue weighted by Crippen LogP contribution is -2.50. The van der Waals surface area contributed by atoms with Crippen LogP contribution in [0.3, 0.4) is 0 Å². The second kappa shape index (κ2) is 10.8. The highest BCUT2D eigenvalue weighted by molar-refractivity contribution is 5.97. The molecule has 0 spiro atoms. The SMILES string of the molecule is CC[C@@H](C)[C@@H](NC(=O)c1ccccc1)C(=O)NCc1ccc(C(=O)N2CCCC2)cc1. The van der Waals surface area contributed by atoms with Crippen LogP contribution in [0.2, 0.25) is 0 Å². The highest BCUT2D eigenvalue weighted by atomic mass is 16.2. The van der Waals surface area contributed by atoms with Gasteiger partial charge in [0.25, 0.3) is 11.8 Å². The maximum absolute atomic E-state index is 12.8. The van der Waals surface area contributed by atoms with Crippen molar-refractivity contribution in [1.29, 1.82) is 0 Å². The smallest absolute Gasteiger partial charge is 0.253 e. The summed E-state index contributed by atoms with van der Waals surface area (Å²) in [5.41, 5.74) is 2.11. The van der Waals surface area contributed by atoms with E-state index >= 15 is 0 Å². The number of hydrogen-bond donors (Lipinski definition) is 2. The molecular weight excluding hydrogens is 390 g/mol. The molecule has 1 fully saturated rings. The van der Waals surface area contributed by atoms with Crippen molar-refractivity contribution in [3.63, 3.8) is 0 Å². The van der Waals surface area contributed by atoms with Crippen LogP contribution < -0.4 is 10.6 Å². The Bertz CT molecular complexity index is 890. The van der Waals surface area contributed by atoms with Crippen molar-refractivity contribution < 1.29 is 14.4 Å². The Morgan fingerprint density at radius 3 is 2.19 bits per heavy atom. The third-order valence-electron chi connectivity index (χ3n) is 5.88. The van der Waals surface area contributed by atoms with Gasteiger partial charge >= 0.3 is 0 Å². The summed E-state index contributed by atoms with van der Waals surface area (Å²) in [4.78, 5) is 39.7. The van der Waals surface area contributed by atoms with E-state index in [4.69, 9.17) is 0 Å². The van der Waals surface area contributed by atoms with Crippen LogP contribution in [-0.2, 0) is 11.3 Å². The standard InChI is InChI=1S/C25H31N3O3/c1-3-18(2)22(27-23(29)20-9-5-4-6-10-20)24(30)26-17-19-11-13-21(14-12-19)25(31)28-15-7-8-16-28/h4-6,9-14,18,22H,3,7-8,15-17H2,1-2H3,(H,26,30)(H,27,29)/t18-,22-/m1/s1. The molecule has 164 valence electrons. The Morgan fingerprint density at radius 1 is 0.935 bits per heavy atom. The van der Waals surface area contributed by atoms with Gasteiger partial charge in [0.15, 0.2) is 0 Å². The van der Waals surface area contributed by atoms with Gasteiger partial charge in [0.1, 0.15) is 6.04 Å². The van der Waals surface area contributed by atoms with E-state index in [-0.39, 0.29) is 23.6 Å². The lowest BCUT2D eigenvalue weighted by atomic mass is 9.97. The first-order valence-corrected chi connectivity index (χ1v) is 11.0. The summed E-state index contributed by atoms with van der Waals surface area (Å²) < 4.78 is 0. The van der Waals surface area contributed by atoms with Gasteiger partial charge in [-0.2, -0.15) is 0 Å². The van der Waals surface area contributed by atoms with Crippen LogP contribution in [0.25, 0.3) is 0 Å². The first-order valence-electron chi connectivity index (χ1n) is 11.0. The number of carbonyl (C=O) groups excluding carboxylic acids is 3. The van der Waals surface area contributed by atoms with Crippen LogP contribution in [0.15, 0.2) is 54.6 Å². The number of benzene rings is 2. The summed E-state index contributed by atoms with van der Waals surface area (Å²) in [5.74, 6) is -0.414. The number of likely N-dealkylation sites (tertiary alicyclic amines) is 1. The quantitative estimate of drug-likeness (QED) is 0.686. The second-order valence-electron chi connectivity index (χ2n) is 8.12. The van der Waals surface area contributed by atoms with Crippen molar-refractivity contribution in [2.75, 3.05) is 13.1 Å². The molecule has 2 aromatic rings. The number of amides is 3. The van der Waals surface area contributed by atoms with Crippen molar-refractivity contribution in [3.05, 3.63) is 71.3 Å². The number of nitrogens with one attached hydrogen (secondary N) is 2. The van der Waals surface area contributed by atoms with Gasteiger partial charge in [0.05, 0.1) is 0 Å². The highest BCUT2D eigenvalue weighted by Crippen LogP contribution is 2.14. The van der Waals surface area contributed by atoms with Crippen LogP contribution in [0.5, 0.6) is 0 Å². The molecule has 0 radical (unpaired) electrons. The van der Waals surface area contributed by atoms with Crippen LogP contribution >= 0.6 is 0 Å². The third kappa shape index (κ3) is 5.94. The maximum Gasteiger partial charge on any atom is 0.253 e. The predicted molar refractivity (Wildman–Crippen MR) is 121 cm³/mol. The van der Waals surface area contributed by atoms with E-state index in [9.17, 15) is 14.4 Å². The second-order valence-corrected chi connectivity index (χ2v) is 8.12. The molecule has 6 heteroatoms. The average Bonchev–Trinajstić information content (AvgIpc) is 3.36. The van der Waals surface area contributed by atoms with E-state index in [1.165, 1.54) is 0 Å². The van der Waals surface area contributed by atoms with Gasteiger partial charge in [-0.3, -0.25) is 14.4 Å². The molecule has 2 N–H and O–H groups in total. The summed E-state index contributed by atoms with van der Waals surface area (Å²) in [6.45, 7) is 5.93. The Balaban J connectivity index is 1.58. The van der Waals surface area contributed by atoms with Gasteiger partial charge in [-0.1, -0.05) is 50.6 Å². The fraction of sp³-hybridized carbons (Fsp3) is 0.400. The van der Waals surface area contributed by atoms with E-state index in [2.05, 4.69) is 10.6 Å². The van der Waals surface area contributed by atoms with Gasteiger partial charge in [0.2, 0.25) is 5.91 Å². The van der Waals surface area contributed by atoms with Gasteiger partial charge < -0.3 is 15.5 Å². The van der Waals surface area contributed by atoms with E-state index < -0.39 is 6.04 Å². The summed E-state index contributed by atoms with van der Waals surface area (Å²) in [6.07, 6.45) is 2.89. The van der Waals surface area contributed by atoms with E-state index in [1.807, 2.05) is 49.1 Å². The van der Waals surface area contributed by atoms with Crippen molar-refractivity contribution in [1.82, 2.24) is 15.5 Å². The van der Waals surface area contributed by atoms with Gasteiger partial charge in [-0.25, -0.2) is 0 Å². The average molecular weight is 422 g/mol. The summed E-state index contributed by atoms with van der Waals surface area (Å²) >= 11 is 0. The third-order valence-corrected chi connectivity index (χ3v) is 5.88. The molecule has 2 atom stereocenters. The molecule has 31 heavy (non-hydrogen) atoms. The molecule has 0 aromatic heterocycles. The molecule has 1 aliphatic rings. The lowest BCUT2D eigenvalue weighted by molar-refractivity contribution is -0.124. The monoisotopic (exact) mass is 421 g/mol. The normalized spacial score (nSPS) is 15.2. The van der Waals surface area contributed by atoms with E-state index in [1.54, 1.807) is 24.3 Å². The van der Waals surface area contributed by atoms with E-state index in [0.29, 0.717) is 17.7 Å². The molecule has 6 nitrogen and oxygen atoms in total. The zero-order valence-electron chi connectivity index (χ0n) is 18.3. The van der Waals surface area contributed by atoms with Crippen molar-refractivity contribution in [2.45, 2.75) is 45.7 Å². The molecule has 1 saturated heterocycles. The Labute approximate surface area is 184 Å². The molecule has 0 bridgehead atoms. The summed E-state index contributed by atoms with van der Waals surface area (Å²) in [5, 5.41) is 5.80. The van der Waals surface area contributed by atoms with E-state index in [0.717, 1.165) is 37.9 Å². The summed E-state index contributed by atoms with van der Waals surface area (Å²) in [6, 6.07) is 15.6. The molecule has 0 saturated carbocycles. The first kappa shape index (κ1) is 22.5. The Hall–Kier alpha value is -3.15. The Morgan fingerprint density at radius 2 is 1.58 bits per heavy atom. The minimum atomic E-state index is -0.617. The van der Waals surface area contributed by atoms with Crippen LogP contribution in [0.4, 0.5) is 0 Å². The minimum Gasteiger partial charge on any atom is -0.350 e. The molecule has 1 aliphatic heterocycles. The predicted octanol–water partition coefficient (Wildman–Crippen LogP) is 3.38. The topological polar surface area (TPSA) is 78.5 Å². The van der Waals surface area contributed by atoms with Crippen LogP contribution in [0, 0.1) is 5.92 Å². The molecule has 3 amide bonds. The number of carbonyl (C=O) groups is 3. The molecule has 1 heterocycles. The van der Waals surface area contributed by atoms with Crippen molar-refractivity contribution in [3.8, 4) is 0 Å². The highest BCUT2D eigenvalue weighted by Gasteiger charge is 2.26. The lowest BCUT2D eigenvalue weighted by Gasteiger charge is -2.23. The fourth-order valence-electron chi connectivity index (χ4n) is 3.68. The van der Waals surface area contributed by atoms with Crippen molar-refractivity contribution in [2.24, 2.45) is 5.92 Å². The van der Waals surface area contributed by atoms with Gasteiger partial charge in [-0.15, -0.1) is 0 Å². The number of hydrogen-bond acceptors (Lipinski definition) is 3. The van der Waals surface area contributed by atoms with Gasteiger partial charge in [0, 0.05) is 30.8 Å². The van der Waals surface area contributed by atoms with Crippen molar-refractivity contribution >= 4 is 17.7 Å². The maximum atomic E-state index is 12.8. The molecular formula is C25H31N3O3. The molecule has 0 unspecified atom stereocenters. The minimum absolute atomic E-state index is 0.00637. The first-order chi connectivity index (χ1) is 15.0. The zero-order valence-corrected chi connectivity index (χ0v) is 18.3. The Kier molecular flexibility index (Phi) is 7.82. The fourth-order valence-corrected chi connectivity index (χ4v) is 3.68.